The molecular formula is C18H23FN2. The lowest BCUT2D eigenvalue weighted by atomic mass is 9.94. The van der Waals surface area contributed by atoms with Crippen LogP contribution in [0.25, 0.3) is 0 Å². The van der Waals surface area contributed by atoms with E-state index in [2.05, 4.69) is 36.6 Å². The van der Waals surface area contributed by atoms with E-state index >= 15 is 0 Å². The minimum Gasteiger partial charge on any atom is -0.271 e. The lowest BCUT2D eigenvalue weighted by Crippen LogP contribution is -2.29. The first-order valence-electron chi connectivity index (χ1n) is 7.29. The van der Waals surface area contributed by atoms with E-state index in [0.29, 0.717) is 5.56 Å². The maximum Gasteiger partial charge on any atom is 0.128 e. The van der Waals surface area contributed by atoms with Gasteiger partial charge in [0.05, 0.1) is 0 Å². The van der Waals surface area contributed by atoms with Crippen molar-refractivity contribution in [2.45, 2.75) is 39.7 Å². The van der Waals surface area contributed by atoms with E-state index in [0.717, 1.165) is 24.0 Å². The first-order chi connectivity index (χ1) is 10.0. The second-order valence-corrected chi connectivity index (χ2v) is 5.72. The van der Waals surface area contributed by atoms with Crippen molar-refractivity contribution in [1.82, 2.24) is 5.43 Å². The van der Waals surface area contributed by atoms with Gasteiger partial charge < -0.3 is 0 Å². The van der Waals surface area contributed by atoms with E-state index in [4.69, 9.17) is 5.84 Å². The number of benzene rings is 2. The molecule has 3 N–H and O–H groups in total. The van der Waals surface area contributed by atoms with Gasteiger partial charge in [0, 0.05) is 11.6 Å². The van der Waals surface area contributed by atoms with Gasteiger partial charge >= 0.3 is 0 Å². The van der Waals surface area contributed by atoms with E-state index in [9.17, 15) is 4.39 Å². The van der Waals surface area contributed by atoms with Gasteiger partial charge in [-0.3, -0.25) is 11.3 Å². The summed E-state index contributed by atoms with van der Waals surface area (Å²) in [5, 5.41) is 0. The molecule has 0 radical (unpaired) electrons. The van der Waals surface area contributed by atoms with E-state index in [1.807, 2.05) is 19.9 Å². The number of nitrogens with two attached hydrogens (primary N) is 1. The Bertz CT molecular complexity index is 582. The third-order valence-electron chi connectivity index (χ3n) is 3.87. The van der Waals surface area contributed by atoms with Gasteiger partial charge in [-0.2, -0.15) is 0 Å². The number of hydrazine groups is 1. The average molecular weight is 286 g/mol. The highest BCUT2D eigenvalue weighted by Gasteiger charge is 2.17. The molecule has 0 aliphatic heterocycles. The zero-order chi connectivity index (χ0) is 15.4. The van der Waals surface area contributed by atoms with E-state index < -0.39 is 0 Å². The Morgan fingerprint density at radius 2 is 1.71 bits per heavy atom. The van der Waals surface area contributed by atoms with Gasteiger partial charge in [-0.1, -0.05) is 35.9 Å². The van der Waals surface area contributed by atoms with Crippen LogP contribution in [0.1, 0.15) is 40.3 Å². The molecule has 21 heavy (non-hydrogen) atoms. The Balaban J connectivity index is 2.15. The van der Waals surface area contributed by atoms with Crippen molar-refractivity contribution in [3.63, 3.8) is 0 Å². The number of nitrogens with one attached hydrogen (secondary N) is 1. The maximum atomic E-state index is 14.2. The fourth-order valence-corrected chi connectivity index (χ4v) is 2.74. The summed E-state index contributed by atoms with van der Waals surface area (Å²) in [6, 6.07) is 11.8. The Morgan fingerprint density at radius 3 is 2.29 bits per heavy atom. The second kappa shape index (κ2) is 6.83. The highest BCUT2D eigenvalue weighted by molar-refractivity contribution is 5.34. The molecule has 2 aromatic rings. The summed E-state index contributed by atoms with van der Waals surface area (Å²) < 4.78 is 14.2. The van der Waals surface area contributed by atoms with Crippen LogP contribution in [-0.4, -0.2) is 0 Å². The van der Waals surface area contributed by atoms with Crippen molar-refractivity contribution in [3.05, 3.63) is 70.0 Å². The largest absolute Gasteiger partial charge is 0.271 e. The molecule has 0 aromatic heterocycles. The van der Waals surface area contributed by atoms with Crippen molar-refractivity contribution >= 4 is 0 Å². The monoisotopic (exact) mass is 286 g/mol. The number of aryl methyl sites for hydroxylation is 4. The molecular weight excluding hydrogens is 263 g/mol. The van der Waals surface area contributed by atoms with Crippen LogP contribution >= 0.6 is 0 Å². The Morgan fingerprint density at radius 1 is 1.05 bits per heavy atom. The summed E-state index contributed by atoms with van der Waals surface area (Å²) >= 11 is 0. The molecule has 0 fully saturated rings. The molecule has 0 bridgehead atoms. The number of hydrogen-bond acceptors (Lipinski definition) is 2. The van der Waals surface area contributed by atoms with Crippen molar-refractivity contribution in [1.29, 1.82) is 0 Å². The first-order valence-corrected chi connectivity index (χ1v) is 7.29. The zero-order valence-electron chi connectivity index (χ0n) is 12.9. The van der Waals surface area contributed by atoms with Gasteiger partial charge in [-0.25, -0.2) is 4.39 Å². The van der Waals surface area contributed by atoms with Gasteiger partial charge in [0.25, 0.3) is 0 Å². The Hall–Kier alpha value is -1.71. The van der Waals surface area contributed by atoms with Gasteiger partial charge in [0.2, 0.25) is 0 Å². The molecule has 0 saturated heterocycles. The third kappa shape index (κ3) is 3.90. The molecule has 2 nitrogen and oxygen atoms in total. The fraction of sp³-hybridized carbons (Fsp3) is 0.333. The van der Waals surface area contributed by atoms with Gasteiger partial charge in [0.15, 0.2) is 0 Å². The van der Waals surface area contributed by atoms with Crippen LogP contribution in [0.15, 0.2) is 36.4 Å². The van der Waals surface area contributed by atoms with Crippen LogP contribution < -0.4 is 11.3 Å². The van der Waals surface area contributed by atoms with Crippen LogP contribution in [0.5, 0.6) is 0 Å². The minimum atomic E-state index is -0.181. The SMILES string of the molecule is Cc1ccc(CCC(NN)c2c(C)cc(C)cc2F)cc1. The van der Waals surface area contributed by atoms with Crippen LogP contribution in [0.2, 0.25) is 0 Å². The predicted molar refractivity (Wildman–Crippen MR) is 85.4 cm³/mol. The van der Waals surface area contributed by atoms with Crippen molar-refractivity contribution in [2.75, 3.05) is 0 Å². The Kier molecular flexibility index (Phi) is 5.10. The second-order valence-electron chi connectivity index (χ2n) is 5.72. The topological polar surface area (TPSA) is 38.0 Å². The summed E-state index contributed by atoms with van der Waals surface area (Å²) in [6.45, 7) is 5.90. The quantitative estimate of drug-likeness (QED) is 0.646. The number of hydrogen-bond donors (Lipinski definition) is 2. The van der Waals surface area contributed by atoms with E-state index in [-0.39, 0.29) is 11.9 Å². The smallest absolute Gasteiger partial charge is 0.128 e. The molecule has 2 rings (SSSR count). The predicted octanol–water partition coefficient (Wildman–Crippen LogP) is 3.89. The average Bonchev–Trinajstić information content (AvgIpc) is 2.43. The van der Waals surface area contributed by atoms with Crippen LogP contribution in [0, 0.1) is 26.6 Å². The normalized spacial score (nSPS) is 12.4. The van der Waals surface area contributed by atoms with E-state index in [1.165, 1.54) is 11.1 Å². The van der Waals surface area contributed by atoms with Gasteiger partial charge in [-0.15, -0.1) is 0 Å². The summed E-state index contributed by atoms with van der Waals surface area (Å²) in [5.41, 5.74) is 7.80. The Labute approximate surface area is 126 Å². The number of rotatable bonds is 5. The standard InChI is InChI=1S/C18H23FN2/c1-12-4-6-15(7-5-12)8-9-17(21-20)18-14(3)10-13(2)11-16(18)19/h4-7,10-11,17,21H,8-9,20H2,1-3H3. The fourth-order valence-electron chi connectivity index (χ4n) is 2.74. The van der Waals surface area contributed by atoms with Crippen molar-refractivity contribution in [2.24, 2.45) is 5.84 Å². The highest BCUT2D eigenvalue weighted by atomic mass is 19.1. The van der Waals surface area contributed by atoms with Crippen molar-refractivity contribution in [3.8, 4) is 0 Å². The van der Waals surface area contributed by atoms with Crippen LogP contribution in [0.4, 0.5) is 4.39 Å². The molecule has 1 unspecified atom stereocenters. The lowest BCUT2D eigenvalue weighted by Gasteiger charge is -2.20. The van der Waals surface area contributed by atoms with Gasteiger partial charge in [-0.05, 0) is 56.4 Å². The summed E-state index contributed by atoms with van der Waals surface area (Å²) in [5.74, 6) is 5.47. The summed E-state index contributed by atoms with van der Waals surface area (Å²) in [4.78, 5) is 0. The highest BCUT2D eigenvalue weighted by Crippen LogP contribution is 2.26. The first kappa shape index (κ1) is 15.7. The molecule has 0 saturated carbocycles. The molecule has 2 aromatic carbocycles. The third-order valence-corrected chi connectivity index (χ3v) is 3.87. The molecule has 0 aliphatic carbocycles. The lowest BCUT2D eigenvalue weighted by molar-refractivity contribution is 0.482. The summed E-state index contributed by atoms with van der Waals surface area (Å²) in [7, 11) is 0. The van der Waals surface area contributed by atoms with Gasteiger partial charge in [0.1, 0.15) is 5.82 Å². The van der Waals surface area contributed by atoms with E-state index in [1.54, 1.807) is 6.07 Å². The number of halogens is 1. The molecule has 0 heterocycles. The minimum absolute atomic E-state index is 0.174. The molecule has 0 spiro atoms. The van der Waals surface area contributed by atoms with Crippen molar-refractivity contribution < 1.29 is 4.39 Å². The molecule has 3 heteroatoms. The maximum absolute atomic E-state index is 14.2. The van der Waals surface area contributed by atoms with Crippen LogP contribution in [-0.2, 0) is 6.42 Å². The van der Waals surface area contributed by atoms with Crippen LogP contribution in [0.3, 0.4) is 0 Å². The molecule has 0 aliphatic rings. The molecule has 0 amide bonds. The molecule has 1 atom stereocenters. The summed E-state index contributed by atoms with van der Waals surface area (Å²) in [6.07, 6.45) is 1.63. The zero-order valence-corrected chi connectivity index (χ0v) is 12.9. The molecule has 112 valence electrons.